The van der Waals surface area contributed by atoms with E-state index in [1.807, 2.05) is 13.0 Å². The lowest BCUT2D eigenvalue weighted by Crippen LogP contribution is -2.33. The molecule has 1 amide bonds. The predicted molar refractivity (Wildman–Crippen MR) is 94.9 cm³/mol. The Hall–Kier alpha value is -3.22. The molecule has 3 rings (SSSR count). The van der Waals surface area contributed by atoms with Crippen molar-refractivity contribution < 1.29 is 13.9 Å². The third-order valence-electron chi connectivity index (χ3n) is 4.06. The maximum absolute atomic E-state index is 13.8. The fourth-order valence-corrected chi connectivity index (χ4v) is 2.69. The lowest BCUT2D eigenvalue weighted by molar-refractivity contribution is 0.0782. The van der Waals surface area contributed by atoms with Crippen molar-refractivity contribution in [2.24, 2.45) is 0 Å². The van der Waals surface area contributed by atoms with Crippen LogP contribution in [0.3, 0.4) is 0 Å². The molecular formula is C19H18FN3O3. The van der Waals surface area contributed by atoms with E-state index in [1.165, 1.54) is 34.7 Å². The summed E-state index contributed by atoms with van der Waals surface area (Å²) in [7, 11) is 2.94. The zero-order chi connectivity index (χ0) is 18.8. The maximum atomic E-state index is 13.8. The topological polar surface area (TPSA) is 63.9 Å². The second-order valence-corrected chi connectivity index (χ2v) is 6.04. The van der Waals surface area contributed by atoms with Crippen molar-refractivity contribution in [2.45, 2.75) is 13.5 Å². The number of carbonyl (C=O) groups is 1. The van der Waals surface area contributed by atoms with Gasteiger partial charge < -0.3 is 9.64 Å². The highest BCUT2D eigenvalue weighted by Crippen LogP contribution is 2.18. The summed E-state index contributed by atoms with van der Waals surface area (Å²) < 4.78 is 20.0. The normalized spacial score (nSPS) is 10.8. The number of methoxy groups -OCH3 is 1. The fraction of sp³-hybridized carbons (Fsp3) is 0.211. The van der Waals surface area contributed by atoms with Crippen molar-refractivity contribution in [3.05, 3.63) is 75.6 Å². The van der Waals surface area contributed by atoms with Gasteiger partial charge in [-0.15, -0.1) is 0 Å². The molecule has 1 aromatic carbocycles. The molecule has 0 aliphatic heterocycles. The third kappa shape index (κ3) is 3.28. The largest absolute Gasteiger partial charge is 0.494 e. The van der Waals surface area contributed by atoms with E-state index in [0.29, 0.717) is 11.2 Å². The number of hydrogen-bond donors (Lipinski definition) is 0. The first-order chi connectivity index (χ1) is 12.4. The van der Waals surface area contributed by atoms with Gasteiger partial charge in [0.1, 0.15) is 11.2 Å². The molecule has 3 aromatic rings. The van der Waals surface area contributed by atoms with Gasteiger partial charge in [-0.1, -0.05) is 12.1 Å². The van der Waals surface area contributed by atoms with E-state index in [-0.39, 0.29) is 17.9 Å². The number of aryl methyl sites for hydroxylation is 1. The molecule has 0 spiro atoms. The molecule has 7 heteroatoms. The van der Waals surface area contributed by atoms with Gasteiger partial charge in [-0.25, -0.2) is 9.37 Å². The number of hydrogen-bond acceptors (Lipinski definition) is 4. The number of fused-ring (bicyclic) bond motifs is 1. The van der Waals surface area contributed by atoms with Crippen LogP contribution in [0.4, 0.5) is 4.39 Å². The van der Waals surface area contributed by atoms with Crippen LogP contribution in [0.2, 0.25) is 0 Å². The quantitative estimate of drug-likeness (QED) is 0.721. The van der Waals surface area contributed by atoms with Gasteiger partial charge in [0.05, 0.1) is 7.11 Å². The molecule has 0 aliphatic rings. The molecule has 0 unspecified atom stereocenters. The van der Waals surface area contributed by atoms with Gasteiger partial charge in [0.25, 0.3) is 11.5 Å². The van der Waals surface area contributed by atoms with Gasteiger partial charge in [0.15, 0.2) is 11.6 Å². The standard InChI is InChI=1S/C19H18FN3O3/c1-12-4-7-17-21-9-14(19(25)23(17)10-12)18(24)22(2)11-13-5-6-16(26-3)15(20)8-13/h4-10H,11H2,1-3H3. The van der Waals surface area contributed by atoms with Gasteiger partial charge in [0.2, 0.25) is 0 Å². The minimum Gasteiger partial charge on any atom is -0.494 e. The van der Waals surface area contributed by atoms with Gasteiger partial charge in [-0.3, -0.25) is 14.0 Å². The van der Waals surface area contributed by atoms with E-state index in [1.54, 1.807) is 25.4 Å². The average Bonchev–Trinajstić information content (AvgIpc) is 2.62. The van der Waals surface area contributed by atoms with Crippen LogP contribution < -0.4 is 10.3 Å². The molecule has 0 radical (unpaired) electrons. The van der Waals surface area contributed by atoms with E-state index in [2.05, 4.69) is 4.98 Å². The number of amides is 1. The molecule has 134 valence electrons. The maximum Gasteiger partial charge on any atom is 0.270 e. The number of pyridine rings is 1. The number of halogens is 1. The molecule has 2 heterocycles. The molecule has 6 nitrogen and oxygen atoms in total. The fourth-order valence-electron chi connectivity index (χ4n) is 2.69. The van der Waals surface area contributed by atoms with Gasteiger partial charge in [-0.2, -0.15) is 0 Å². The van der Waals surface area contributed by atoms with Crippen molar-refractivity contribution in [3.8, 4) is 5.75 Å². The molecule has 0 saturated carbocycles. The molecule has 0 aliphatic carbocycles. The van der Waals surface area contributed by atoms with E-state index in [9.17, 15) is 14.0 Å². The molecule has 0 fully saturated rings. The highest BCUT2D eigenvalue weighted by atomic mass is 19.1. The van der Waals surface area contributed by atoms with Crippen LogP contribution in [-0.4, -0.2) is 34.3 Å². The highest BCUT2D eigenvalue weighted by Gasteiger charge is 2.18. The molecule has 2 aromatic heterocycles. The van der Waals surface area contributed by atoms with Crippen molar-refractivity contribution in [1.29, 1.82) is 0 Å². The number of nitrogens with zero attached hydrogens (tertiary/aromatic N) is 3. The first-order valence-electron chi connectivity index (χ1n) is 7.96. The molecule has 0 bridgehead atoms. The third-order valence-corrected chi connectivity index (χ3v) is 4.06. The predicted octanol–water partition coefficient (Wildman–Crippen LogP) is 2.42. The van der Waals surface area contributed by atoms with E-state index >= 15 is 0 Å². The Kier molecular flexibility index (Phi) is 4.71. The number of carbonyl (C=O) groups excluding carboxylic acids is 1. The average molecular weight is 355 g/mol. The Labute approximate surface area is 149 Å². The summed E-state index contributed by atoms with van der Waals surface area (Å²) in [5.41, 5.74) is 1.47. The van der Waals surface area contributed by atoms with Crippen LogP contribution in [0.1, 0.15) is 21.5 Å². The van der Waals surface area contributed by atoms with E-state index < -0.39 is 17.3 Å². The Morgan fingerprint density at radius 1 is 1.31 bits per heavy atom. The summed E-state index contributed by atoms with van der Waals surface area (Å²) in [5, 5.41) is 0. The lowest BCUT2D eigenvalue weighted by atomic mass is 10.2. The zero-order valence-electron chi connectivity index (χ0n) is 14.7. The van der Waals surface area contributed by atoms with Crippen molar-refractivity contribution in [2.75, 3.05) is 14.2 Å². The van der Waals surface area contributed by atoms with Crippen LogP contribution in [0, 0.1) is 12.7 Å². The van der Waals surface area contributed by atoms with Crippen molar-refractivity contribution >= 4 is 11.6 Å². The summed E-state index contributed by atoms with van der Waals surface area (Å²) in [6, 6.07) is 8.03. The Balaban J connectivity index is 1.89. The number of ether oxygens (including phenoxy) is 1. The van der Waals surface area contributed by atoms with Crippen LogP contribution in [0.25, 0.3) is 5.65 Å². The van der Waals surface area contributed by atoms with Crippen LogP contribution in [0.5, 0.6) is 5.75 Å². The zero-order valence-corrected chi connectivity index (χ0v) is 14.7. The summed E-state index contributed by atoms with van der Waals surface area (Å²) >= 11 is 0. The second kappa shape index (κ2) is 6.95. The molecule has 0 saturated heterocycles. The summed E-state index contributed by atoms with van der Waals surface area (Å²) in [5.74, 6) is -0.849. The van der Waals surface area contributed by atoms with Gasteiger partial charge in [0, 0.05) is 26.0 Å². The first-order valence-corrected chi connectivity index (χ1v) is 7.96. The van der Waals surface area contributed by atoms with Crippen LogP contribution in [0.15, 0.2) is 47.5 Å². The second-order valence-electron chi connectivity index (χ2n) is 6.04. The molecule has 0 atom stereocenters. The Morgan fingerprint density at radius 2 is 2.08 bits per heavy atom. The smallest absolute Gasteiger partial charge is 0.270 e. The Bertz CT molecular complexity index is 1050. The van der Waals surface area contributed by atoms with Gasteiger partial charge >= 0.3 is 0 Å². The summed E-state index contributed by atoms with van der Waals surface area (Å²) in [6.07, 6.45) is 2.92. The minimum absolute atomic E-state index is 0.0374. The van der Waals surface area contributed by atoms with Crippen molar-refractivity contribution in [3.63, 3.8) is 0 Å². The minimum atomic E-state index is -0.506. The first kappa shape index (κ1) is 17.6. The molecule has 0 N–H and O–H groups in total. The summed E-state index contributed by atoms with van der Waals surface area (Å²) in [6.45, 7) is 2.00. The van der Waals surface area contributed by atoms with Crippen LogP contribution >= 0.6 is 0 Å². The SMILES string of the molecule is COc1ccc(CN(C)C(=O)c2cnc3ccc(C)cn3c2=O)cc1F. The number of rotatable bonds is 4. The highest BCUT2D eigenvalue weighted by molar-refractivity contribution is 5.93. The van der Waals surface area contributed by atoms with Crippen LogP contribution in [-0.2, 0) is 6.54 Å². The van der Waals surface area contributed by atoms with E-state index in [0.717, 1.165) is 5.56 Å². The number of aromatic nitrogens is 2. The summed E-state index contributed by atoms with van der Waals surface area (Å²) in [4.78, 5) is 30.8. The van der Waals surface area contributed by atoms with Gasteiger partial charge in [-0.05, 0) is 36.2 Å². The molecular weight excluding hydrogens is 337 g/mol. The van der Waals surface area contributed by atoms with E-state index in [4.69, 9.17) is 4.74 Å². The van der Waals surface area contributed by atoms with Crippen molar-refractivity contribution in [1.82, 2.24) is 14.3 Å². The molecule has 26 heavy (non-hydrogen) atoms. The monoisotopic (exact) mass is 355 g/mol. The number of benzene rings is 1. The Morgan fingerprint density at radius 3 is 2.77 bits per heavy atom. The lowest BCUT2D eigenvalue weighted by Gasteiger charge is -2.17.